The summed E-state index contributed by atoms with van der Waals surface area (Å²) in [6.07, 6.45) is -1.09. The number of methoxy groups -OCH3 is 1. The predicted molar refractivity (Wildman–Crippen MR) is 76.5 cm³/mol. The van der Waals surface area contributed by atoms with Crippen molar-refractivity contribution in [3.8, 4) is 0 Å². The van der Waals surface area contributed by atoms with E-state index in [4.69, 9.17) is 4.74 Å². The summed E-state index contributed by atoms with van der Waals surface area (Å²) in [6, 6.07) is 3.42. The Morgan fingerprint density at radius 1 is 1.38 bits per heavy atom. The van der Waals surface area contributed by atoms with Crippen LogP contribution in [-0.4, -0.2) is 23.3 Å². The molecule has 0 amide bonds. The first-order valence-electron chi connectivity index (χ1n) is 6.05. The second-order valence-electron chi connectivity index (χ2n) is 4.25. The average Bonchev–Trinajstić information content (AvgIpc) is 2.85. The van der Waals surface area contributed by atoms with Gasteiger partial charge in [-0.15, -0.1) is 0 Å². The van der Waals surface area contributed by atoms with E-state index in [1.165, 1.54) is 6.07 Å². The molecule has 2 rings (SSSR count). The van der Waals surface area contributed by atoms with E-state index >= 15 is 0 Å². The lowest BCUT2D eigenvalue weighted by Crippen LogP contribution is -2.09. The quantitative estimate of drug-likeness (QED) is 0.870. The van der Waals surface area contributed by atoms with Crippen molar-refractivity contribution in [1.29, 1.82) is 0 Å². The van der Waals surface area contributed by atoms with E-state index in [1.807, 2.05) is 0 Å². The van der Waals surface area contributed by atoms with Gasteiger partial charge in [-0.1, -0.05) is 0 Å². The molecule has 114 valence electrons. The van der Waals surface area contributed by atoms with Gasteiger partial charge in [-0.3, -0.25) is 0 Å². The summed E-state index contributed by atoms with van der Waals surface area (Å²) in [5.74, 6) is 0.451. The third kappa shape index (κ3) is 3.98. The number of anilines is 2. The lowest BCUT2D eigenvalue weighted by molar-refractivity contribution is -0.137. The fourth-order valence-corrected chi connectivity index (χ4v) is 2.07. The highest BCUT2D eigenvalue weighted by atomic mass is 79.9. The molecule has 2 aromatic rings. The van der Waals surface area contributed by atoms with E-state index in [0.717, 1.165) is 12.1 Å². The van der Waals surface area contributed by atoms with E-state index in [0.29, 0.717) is 29.3 Å². The van der Waals surface area contributed by atoms with E-state index < -0.39 is 11.7 Å². The van der Waals surface area contributed by atoms with Gasteiger partial charge in [0.05, 0.1) is 17.9 Å². The van der Waals surface area contributed by atoms with E-state index in [-0.39, 0.29) is 0 Å². The number of aromatic nitrogens is 2. The Bertz CT molecular complexity index is 613. The maximum absolute atomic E-state index is 12.7. The fraction of sp³-hybridized carbons (Fsp3) is 0.308. The topological polar surface area (TPSA) is 39.1 Å². The molecular formula is C13H13BrF3N3O. The van der Waals surface area contributed by atoms with Crippen LogP contribution in [0.15, 0.2) is 35.1 Å². The lowest BCUT2D eigenvalue weighted by Gasteiger charge is -2.13. The molecule has 0 bridgehead atoms. The summed E-state index contributed by atoms with van der Waals surface area (Å²) >= 11 is 3.23. The SMILES string of the molecule is COCCn1ccnc1Nc1cc(C(F)(F)F)ccc1Br. The summed E-state index contributed by atoms with van der Waals surface area (Å²) in [7, 11) is 1.58. The maximum atomic E-state index is 12.7. The van der Waals surface area contributed by atoms with E-state index in [1.54, 1.807) is 24.1 Å². The van der Waals surface area contributed by atoms with Gasteiger partial charge in [-0.25, -0.2) is 4.98 Å². The second kappa shape index (κ2) is 6.48. The Kier molecular flexibility index (Phi) is 4.89. The Labute approximate surface area is 128 Å². The lowest BCUT2D eigenvalue weighted by atomic mass is 10.2. The number of ether oxygens (including phenoxy) is 1. The van der Waals surface area contributed by atoms with Crippen LogP contribution in [0.2, 0.25) is 0 Å². The monoisotopic (exact) mass is 363 g/mol. The van der Waals surface area contributed by atoms with Crippen LogP contribution in [0.5, 0.6) is 0 Å². The molecule has 0 unspecified atom stereocenters. The van der Waals surface area contributed by atoms with Crippen LogP contribution in [0.25, 0.3) is 0 Å². The zero-order chi connectivity index (χ0) is 15.5. The molecule has 0 saturated carbocycles. The molecule has 1 heterocycles. The molecule has 0 fully saturated rings. The molecule has 21 heavy (non-hydrogen) atoms. The average molecular weight is 364 g/mol. The minimum Gasteiger partial charge on any atom is -0.383 e. The van der Waals surface area contributed by atoms with Crippen molar-refractivity contribution in [3.05, 3.63) is 40.6 Å². The van der Waals surface area contributed by atoms with Gasteiger partial charge >= 0.3 is 6.18 Å². The highest BCUT2D eigenvalue weighted by Gasteiger charge is 2.31. The molecule has 0 aliphatic heterocycles. The molecule has 1 aromatic carbocycles. The van der Waals surface area contributed by atoms with Crippen molar-refractivity contribution in [2.24, 2.45) is 0 Å². The van der Waals surface area contributed by atoms with Gasteiger partial charge in [0.1, 0.15) is 0 Å². The Balaban J connectivity index is 2.25. The molecule has 0 spiro atoms. The van der Waals surface area contributed by atoms with Crippen LogP contribution in [-0.2, 0) is 17.5 Å². The van der Waals surface area contributed by atoms with Crippen LogP contribution in [0.4, 0.5) is 24.8 Å². The van der Waals surface area contributed by atoms with Gasteiger partial charge in [-0.2, -0.15) is 13.2 Å². The molecule has 4 nitrogen and oxygen atoms in total. The summed E-state index contributed by atoms with van der Waals surface area (Å²) in [5.41, 5.74) is -0.419. The van der Waals surface area contributed by atoms with Crippen LogP contribution >= 0.6 is 15.9 Å². The largest absolute Gasteiger partial charge is 0.416 e. The first-order valence-corrected chi connectivity index (χ1v) is 6.85. The summed E-state index contributed by atoms with van der Waals surface area (Å²) in [5, 5.41) is 2.89. The molecule has 0 atom stereocenters. The number of rotatable bonds is 5. The van der Waals surface area contributed by atoms with Crippen molar-refractivity contribution >= 4 is 27.6 Å². The van der Waals surface area contributed by atoms with E-state index in [9.17, 15) is 13.2 Å². The van der Waals surface area contributed by atoms with Gasteiger partial charge in [0.15, 0.2) is 0 Å². The molecule has 1 N–H and O–H groups in total. The third-order valence-corrected chi connectivity index (χ3v) is 3.48. The first kappa shape index (κ1) is 15.8. The Morgan fingerprint density at radius 2 is 2.14 bits per heavy atom. The first-order chi connectivity index (χ1) is 9.91. The second-order valence-corrected chi connectivity index (χ2v) is 5.11. The Hall–Kier alpha value is -1.54. The number of alkyl halides is 3. The zero-order valence-electron chi connectivity index (χ0n) is 11.1. The minimum absolute atomic E-state index is 0.301. The number of nitrogens with zero attached hydrogens (tertiary/aromatic N) is 2. The number of hydrogen-bond acceptors (Lipinski definition) is 3. The van der Waals surface area contributed by atoms with Crippen molar-refractivity contribution in [1.82, 2.24) is 9.55 Å². The number of halogens is 4. The van der Waals surface area contributed by atoms with Crippen molar-refractivity contribution in [2.75, 3.05) is 19.0 Å². The van der Waals surface area contributed by atoms with Crippen molar-refractivity contribution in [2.45, 2.75) is 12.7 Å². The van der Waals surface area contributed by atoms with Gasteiger partial charge in [0, 0.05) is 30.5 Å². The van der Waals surface area contributed by atoms with Gasteiger partial charge in [0.25, 0.3) is 0 Å². The van der Waals surface area contributed by atoms with Crippen LogP contribution in [0.3, 0.4) is 0 Å². The fourth-order valence-electron chi connectivity index (χ4n) is 1.72. The van der Waals surface area contributed by atoms with Crippen molar-refractivity contribution < 1.29 is 17.9 Å². The van der Waals surface area contributed by atoms with Gasteiger partial charge in [0.2, 0.25) is 5.95 Å². The van der Waals surface area contributed by atoms with Gasteiger partial charge in [-0.05, 0) is 34.1 Å². The molecule has 0 aliphatic rings. The molecule has 1 aromatic heterocycles. The Morgan fingerprint density at radius 3 is 2.81 bits per heavy atom. The summed E-state index contributed by atoms with van der Waals surface area (Å²) in [4.78, 5) is 4.09. The standard InChI is InChI=1S/C13H13BrF3N3O/c1-21-7-6-20-5-4-18-12(20)19-11-8-9(13(15,16)17)2-3-10(11)14/h2-5,8H,6-7H2,1H3,(H,18,19). The predicted octanol–water partition coefficient (Wildman–Crippen LogP) is 4.05. The smallest absolute Gasteiger partial charge is 0.383 e. The molecule has 0 saturated heterocycles. The number of benzene rings is 1. The maximum Gasteiger partial charge on any atom is 0.416 e. The number of imidazole rings is 1. The number of nitrogens with one attached hydrogen (secondary N) is 1. The minimum atomic E-state index is -4.39. The molecule has 0 aliphatic carbocycles. The summed E-state index contributed by atoms with van der Waals surface area (Å²) in [6.45, 7) is 1.03. The zero-order valence-corrected chi connectivity index (χ0v) is 12.7. The molecule has 0 radical (unpaired) electrons. The van der Waals surface area contributed by atoms with Crippen LogP contribution in [0.1, 0.15) is 5.56 Å². The molecule has 8 heteroatoms. The van der Waals surface area contributed by atoms with Gasteiger partial charge < -0.3 is 14.6 Å². The third-order valence-electron chi connectivity index (χ3n) is 2.79. The number of hydrogen-bond donors (Lipinski definition) is 1. The van der Waals surface area contributed by atoms with E-state index in [2.05, 4.69) is 26.2 Å². The highest BCUT2D eigenvalue weighted by Crippen LogP contribution is 2.34. The normalized spacial score (nSPS) is 11.7. The van der Waals surface area contributed by atoms with Crippen molar-refractivity contribution in [3.63, 3.8) is 0 Å². The highest BCUT2D eigenvalue weighted by molar-refractivity contribution is 9.10. The summed E-state index contributed by atoms with van der Waals surface area (Å²) < 4.78 is 45.5. The molecular weight excluding hydrogens is 351 g/mol. The van der Waals surface area contributed by atoms with Crippen LogP contribution < -0.4 is 5.32 Å². The van der Waals surface area contributed by atoms with Crippen LogP contribution in [0, 0.1) is 0 Å².